The van der Waals surface area contributed by atoms with Gasteiger partial charge in [0.2, 0.25) is 0 Å². The zero-order valence-corrected chi connectivity index (χ0v) is 9.11. The number of nitrogens with zero attached hydrogens (tertiary/aromatic N) is 1. The molecule has 0 spiro atoms. The van der Waals surface area contributed by atoms with Crippen LogP contribution in [0, 0.1) is 0 Å². The van der Waals surface area contributed by atoms with E-state index in [2.05, 4.69) is 49.1 Å². The summed E-state index contributed by atoms with van der Waals surface area (Å²) >= 11 is 0. The van der Waals surface area contributed by atoms with E-state index >= 15 is 0 Å². The standard InChI is InChI=1S/C13H19N/c1-11-7-6-10-14(11)12(2)13-8-4-3-5-9-13/h3-5,8-9,11-12H,6-7,10H2,1-2H3/t11-,12-/m0/s1. The van der Waals surface area contributed by atoms with Crippen LogP contribution in [0.3, 0.4) is 0 Å². The fourth-order valence-corrected chi connectivity index (χ4v) is 2.45. The molecule has 1 saturated heterocycles. The molecule has 0 aliphatic carbocycles. The Bertz CT molecular complexity index is 281. The van der Waals surface area contributed by atoms with Gasteiger partial charge in [-0.3, -0.25) is 4.90 Å². The van der Waals surface area contributed by atoms with Gasteiger partial charge >= 0.3 is 0 Å². The molecule has 1 aliphatic heterocycles. The first kappa shape index (κ1) is 9.72. The first-order chi connectivity index (χ1) is 6.79. The summed E-state index contributed by atoms with van der Waals surface area (Å²) in [6.45, 7) is 5.92. The Morgan fingerprint density at radius 2 is 2.00 bits per heavy atom. The van der Waals surface area contributed by atoms with Crippen molar-refractivity contribution in [2.45, 2.75) is 38.8 Å². The van der Waals surface area contributed by atoms with Crippen LogP contribution in [-0.2, 0) is 0 Å². The Morgan fingerprint density at radius 3 is 2.57 bits per heavy atom. The highest BCUT2D eigenvalue weighted by Crippen LogP contribution is 2.28. The summed E-state index contributed by atoms with van der Waals surface area (Å²) in [5, 5.41) is 0. The lowest BCUT2D eigenvalue weighted by Gasteiger charge is -2.28. The maximum atomic E-state index is 2.61. The molecule has 0 amide bonds. The maximum absolute atomic E-state index is 2.61. The zero-order chi connectivity index (χ0) is 9.97. The van der Waals surface area contributed by atoms with Gasteiger partial charge in [-0.25, -0.2) is 0 Å². The van der Waals surface area contributed by atoms with E-state index in [0.29, 0.717) is 6.04 Å². The molecule has 76 valence electrons. The van der Waals surface area contributed by atoms with Crippen molar-refractivity contribution in [2.24, 2.45) is 0 Å². The molecule has 1 heteroatoms. The average Bonchev–Trinajstić information content (AvgIpc) is 2.65. The lowest BCUT2D eigenvalue weighted by Crippen LogP contribution is -2.29. The summed E-state index contributed by atoms with van der Waals surface area (Å²) in [6, 6.07) is 12.1. The minimum absolute atomic E-state index is 0.577. The normalized spacial score (nSPS) is 25.1. The van der Waals surface area contributed by atoms with Gasteiger partial charge in [-0.05, 0) is 38.8 Å². The van der Waals surface area contributed by atoms with Crippen molar-refractivity contribution in [3.8, 4) is 0 Å². The van der Waals surface area contributed by atoms with Crippen LogP contribution in [0.25, 0.3) is 0 Å². The Kier molecular flexibility index (Phi) is 2.87. The quantitative estimate of drug-likeness (QED) is 0.690. The fraction of sp³-hybridized carbons (Fsp3) is 0.538. The second-order valence-electron chi connectivity index (χ2n) is 4.32. The number of rotatable bonds is 2. The summed E-state index contributed by atoms with van der Waals surface area (Å²) in [6.07, 6.45) is 2.72. The summed E-state index contributed by atoms with van der Waals surface area (Å²) in [5.41, 5.74) is 1.45. The summed E-state index contributed by atoms with van der Waals surface area (Å²) in [5.74, 6) is 0. The predicted octanol–water partition coefficient (Wildman–Crippen LogP) is 3.23. The fourth-order valence-electron chi connectivity index (χ4n) is 2.45. The van der Waals surface area contributed by atoms with Crippen LogP contribution >= 0.6 is 0 Å². The Balaban J connectivity index is 2.12. The van der Waals surface area contributed by atoms with Crippen molar-refractivity contribution in [3.63, 3.8) is 0 Å². The molecule has 0 saturated carbocycles. The van der Waals surface area contributed by atoms with Gasteiger partial charge in [-0.2, -0.15) is 0 Å². The SMILES string of the molecule is C[C@H]1CCCN1[C@@H](C)c1ccccc1. The van der Waals surface area contributed by atoms with Gasteiger partial charge in [-0.15, -0.1) is 0 Å². The Labute approximate surface area is 86.7 Å². The second kappa shape index (κ2) is 4.14. The third-order valence-corrected chi connectivity index (χ3v) is 3.38. The smallest absolute Gasteiger partial charge is 0.0322 e. The topological polar surface area (TPSA) is 3.24 Å². The van der Waals surface area contributed by atoms with Gasteiger partial charge in [0.25, 0.3) is 0 Å². The van der Waals surface area contributed by atoms with Crippen LogP contribution in [0.2, 0.25) is 0 Å². The third-order valence-electron chi connectivity index (χ3n) is 3.38. The highest BCUT2D eigenvalue weighted by molar-refractivity contribution is 5.18. The van der Waals surface area contributed by atoms with Gasteiger partial charge in [0.05, 0.1) is 0 Å². The van der Waals surface area contributed by atoms with Crippen molar-refractivity contribution in [1.29, 1.82) is 0 Å². The van der Waals surface area contributed by atoms with E-state index in [1.807, 2.05) is 0 Å². The second-order valence-corrected chi connectivity index (χ2v) is 4.32. The van der Waals surface area contributed by atoms with Gasteiger partial charge < -0.3 is 0 Å². The first-order valence-corrected chi connectivity index (χ1v) is 5.59. The molecule has 1 aromatic carbocycles. The molecule has 0 radical (unpaired) electrons. The van der Waals surface area contributed by atoms with Crippen molar-refractivity contribution in [3.05, 3.63) is 35.9 Å². The van der Waals surface area contributed by atoms with Crippen LogP contribution < -0.4 is 0 Å². The molecule has 0 bridgehead atoms. The minimum Gasteiger partial charge on any atom is -0.294 e. The van der Waals surface area contributed by atoms with Crippen LogP contribution in [0.15, 0.2) is 30.3 Å². The molecule has 14 heavy (non-hydrogen) atoms. The number of benzene rings is 1. The monoisotopic (exact) mass is 189 g/mol. The Morgan fingerprint density at radius 1 is 1.29 bits per heavy atom. The zero-order valence-electron chi connectivity index (χ0n) is 9.11. The van der Waals surface area contributed by atoms with Gasteiger partial charge in [0.15, 0.2) is 0 Å². The third kappa shape index (κ3) is 1.83. The van der Waals surface area contributed by atoms with E-state index in [4.69, 9.17) is 0 Å². The van der Waals surface area contributed by atoms with Crippen LogP contribution in [0.5, 0.6) is 0 Å². The van der Waals surface area contributed by atoms with E-state index in [9.17, 15) is 0 Å². The van der Waals surface area contributed by atoms with Gasteiger partial charge in [0, 0.05) is 12.1 Å². The highest BCUT2D eigenvalue weighted by Gasteiger charge is 2.25. The largest absolute Gasteiger partial charge is 0.294 e. The van der Waals surface area contributed by atoms with Crippen molar-refractivity contribution in [1.82, 2.24) is 4.90 Å². The molecule has 1 aromatic rings. The molecule has 1 fully saturated rings. The van der Waals surface area contributed by atoms with E-state index in [1.165, 1.54) is 24.9 Å². The molecule has 0 unspecified atom stereocenters. The lowest BCUT2D eigenvalue weighted by atomic mass is 10.1. The molecule has 2 atom stereocenters. The Hall–Kier alpha value is -0.820. The molecular weight excluding hydrogens is 170 g/mol. The van der Waals surface area contributed by atoms with Crippen LogP contribution in [-0.4, -0.2) is 17.5 Å². The van der Waals surface area contributed by atoms with Crippen LogP contribution in [0.1, 0.15) is 38.3 Å². The van der Waals surface area contributed by atoms with E-state index in [-0.39, 0.29) is 0 Å². The van der Waals surface area contributed by atoms with Crippen LogP contribution in [0.4, 0.5) is 0 Å². The molecule has 1 nitrogen and oxygen atoms in total. The number of likely N-dealkylation sites (tertiary alicyclic amines) is 1. The predicted molar refractivity (Wildman–Crippen MR) is 60.3 cm³/mol. The van der Waals surface area contributed by atoms with Crippen molar-refractivity contribution in [2.75, 3.05) is 6.54 Å². The van der Waals surface area contributed by atoms with Crippen molar-refractivity contribution >= 4 is 0 Å². The minimum atomic E-state index is 0.577. The first-order valence-electron chi connectivity index (χ1n) is 5.59. The number of hydrogen-bond acceptors (Lipinski definition) is 1. The molecular formula is C13H19N. The highest BCUT2D eigenvalue weighted by atomic mass is 15.2. The summed E-state index contributed by atoms with van der Waals surface area (Å²) < 4.78 is 0. The molecule has 0 N–H and O–H groups in total. The molecule has 1 heterocycles. The van der Waals surface area contributed by atoms with E-state index < -0.39 is 0 Å². The lowest BCUT2D eigenvalue weighted by molar-refractivity contribution is 0.204. The van der Waals surface area contributed by atoms with Gasteiger partial charge in [0.1, 0.15) is 0 Å². The van der Waals surface area contributed by atoms with E-state index in [1.54, 1.807) is 0 Å². The summed E-state index contributed by atoms with van der Waals surface area (Å²) in [7, 11) is 0. The maximum Gasteiger partial charge on any atom is 0.0322 e. The molecule has 2 rings (SSSR count). The number of hydrogen-bond donors (Lipinski definition) is 0. The van der Waals surface area contributed by atoms with Gasteiger partial charge in [-0.1, -0.05) is 30.3 Å². The van der Waals surface area contributed by atoms with E-state index in [0.717, 1.165) is 6.04 Å². The molecule has 0 aromatic heterocycles. The molecule has 1 aliphatic rings. The average molecular weight is 189 g/mol. The van der Waals surface area contributed by atoms with Crippen molar-refractivity contribution < 1.29 is 0 Å². The summed E-state index contributed by atoms with van der Waals surface area (Å²) in [4.78, 5) is 2.61.